The number of rotatable bonds is 1. The van der Waals surface area contributed by atoms with Crippen molar-refractivity contribution in [2.45, 2.75) is 70.8 Å². The monoisotopic (exact) mass is 260 g/mol. The molecule has 0 radical (unpaired) electrons. The van der Waals surface area contributed by atoms with Crippen molar-refractivity contribution in [3.05, 3.63) is 11.3 Å². The van der Waals surface area contributed by atoms with Gasteiger partial charge in [0.2, 0.25) is 0 Å². The van der Waals surface area contributed by atoms with Crippen LogP contribution in [0.5, 0.6) is 0 Å². The van der Waals surface area contributed by atoms with E-state index in [0.29, 0.717) is 11.2 Å². The molecule has 2 nitrogen and oxygen atoms in total. The summed E-state index contributed by atoms with van der Waals surface area (Å²) in [4.78, 5) is 12.0. The summed E-state index contributed by atoms with van der Waals surface area (Å²) in [5, 5.41) is 0. The van der Waals surface area contributed by atoms with Crippen molar-refractivity contribution < 1.29 is 9.53 Å². The van der Waals surface area contributed by atoms with Gasteiger partial charge in [-0.1, -0.05) is 13.8 Å². The fourth-order valence-corrected chi connectivity index (χ4v) is 5.17. The van der Waals surface area contributed by atoms with Gasteiger partial charge in [-0.25, -0.2) is 0 Å². The smallest absolute Gasteiger partial charge is 0.162 e. The lowest BCUT2D eigenvalue weighted by atomic mass is 9.82. The van der Waals surface area contributed by atoms with Crippen LogP contribution in [0.15, 0.2) is 11.3 Å². The van der Waals surface area contributed by atoms with Crippen molar-refractivity contribution in [1.29, 1.82) is 0 Å². The second kappa shape index (κ2) is 3.65. The molecule has 19 heavy (non-hydrogen) atoms. The molecule has 4 rings (SSSR count). The maximum Gasteiger partial charge on any atom is 0.162 e. The largest absolute Gasteiger partial charge is 0.491 e. The molecular formula is C17H24O2. The minimum atomic E-state index is 0.112. The standard InChI is InChI=1S/C17H24O2/c1-11(2)16-8-9-17(15(16)10-16)7-6-12-13(18)4-3-5-14(12)19-17/h11,15H,3-10H2,1-2H3/t15-,16+,17-/m1/s1. The van der Waals surface area contributed by atoms with Crippen molar-refractivity contribution in [3.63, 3.8) is 0 Å². The normalized spacial score (nSPS) is 44.4. The highest BCUT2D eigenvalue weighted by atomic mass is 16.5. The first-order valence-corrected chi connectivity index (χ1v) is 8.02. The highest BCUT2D eigenvalue weighted by molar-refractivity contribution is 5.96. The zero-order valence-corrected chi connectivity index (χ0v) is 12.1. The van der Waals surface area contributed by atoms with Gasteiger partial charge in [-0.3, -0.25) is 4.79 Å². The summed E-state index contributed by atoms with van der Waals surface area (Å²) < 4.78 is 6.50. The molecule has 2 heteroatoms. The van der Waals surface area contributed by atoms with Crippen LogP contribution in [0.3, 0.4) is 0 Å². The van der Waals surface area contributed by atoms with E-state index in [1.807, 2.05) is 0 Å². The van der Waals surface area contributed by atoms with Crippen LogP contribution in [0.1, 0.15) is 65.2 Å². The zero-order chi connectivity index (χ0) is 13.3. The molecule has 0 unspecified atom stereocenters. The Labute approximate surface area is 115 Å². The summed E-state index contributed by atoms with van der Waals surface area (Å²) in [6, 6.07) is 0. The van der Waals surface area contributed by atoms with Crippen LogP contribution in [-0.2, 0) is 9.53 Å². The lowest BCUT2D eigenvalue weighted by molar-refractivity contribution is -0.118. The maximum absolute atomic E-state index is 12.0. The Morgan fingerprint density at radius 3 is 2.68 bits per heavy atom. The van der Waals surface area contributed by atoms with E-state index in [4.69, 9.17) is 4.74 Å². The van der Waals surface area contributed by atoms with Crippen molar-refractivity contribution in [3.8, 4) is 0 Å². The minimum absolute atomic E-state index is 0.112. The molecule has 3 atom stereocenters. The summed E-state index contributed by atoms with van der Waals surface area (Å²) in [5.74, 6) is 2.99. The fourth-order valence-electron chi connectivity index (χ4n) is 5.17. The molecule has 0 aromatic carbocycles. The SMILES string of the molecule is CC(C)[C@@]12CC[C@]3(CCC4=C(CCCC4=O)O3)[C@@H]1C2. The third-order valence-corrected chi connectivity index (χ3v) is 6.52. The predicted molar refractivity (Wildman–Crippen MR) is 73.5 cm³/mol. The van der Waals surface area contributed by atoms with Crippen LogP contribution >= 0.6 is 0 Å². The summed E-state index contributed by atoms with van der Waals surface area (Å²) >= 11 is 0. The third-order valence-electron chi connectivity index (χ3n) is 6.52. The lowest BCUT2D eigenvalue weighted by Gasteiger charge is -2.39. The number of fused-ring (bicyclic) bond motifs is 2. The first-order chi connectivity index (χ1) is 9.07. The van der Waals surface area contributed by atoms with Crippen LogP contribution in [-0.4, -0.2) is 11.4 Å². The van der Waals surface area contributed by atoms with E-state index >= 15 is 0 Å². The molecule has 2 saturated carbocycles. The third kappa shape index (κ3) is 1.46. The van der Waals surface area contributed by atoms with Gasteiger partial charge in [-0.05, 0) is 49.9 Å². The topological polar surface area (TPSA) is 26.3 Å². The lowest BCUT2D eigenvalue weighted by Crippen LogP contribution is -2.38. The van der Waals surface area contributed by atoms with Gasteiger partial charge >= 0.3 is 0 Å². The average Bonchev–Trinajstić information content (AvgIpc) is 3.07. The van der Waals surface area contributed by atoms with Crippen LogP contribution in [0.25, 0.3) is 0 Å². The molecule has 0 amide bonds. The number of allylic oxidation sites excluding steroid dienone is 2. The van der Waals surface area contributed by atoms with E-state index in [1.54, 1.807) is 0 Å². The molecule has 0 aromatic heterocycles. The Bertz CT molecular complexity index is 476. The van der Waals surface area contributed by atoms with Gasteiger partial charge in [0.25, 0.3) is 0 Å². The average molecular weight is 260 g/mol. The van der Waals surface area contributed by atoms with Crippen molar-refractivity contribution in [2.24, 2.45) is 17.3 Å². The van der Waals surface area contributed by atoms with E-state index in [1.165, 1.54) is 19.3 Å². The summed E-state index contributed by atoms with van der Waals surface area (Å²) in [5.41, 5.74) is 1.73. The Kier molecular flexibility index (Phi) is 2.30. The molecule has 2 fully saturated rings. The van der Waals surface area contributed by atoms with Crippen LogP contribution in [0, 0.1) is 17.3 Å². The molecule has 1 aliphatic heterocycles. The molecule has 0 bridgehead atoms. The van der Waals surface area contributed by atoms with Gasteiger partial charge in [0.05, 0.1) is 0 Å². The minimum Gasteiger partial charge on any atom is -0.491 e. The molecule has 0 aromatic rings. The van der Waals surface area contributed by atoms with Crippen LogP contribution in [0.4, 0.5) is 0 Å². The van der Waals surface area contributed by atoms with E-state index in [0.717, 1.165) is 55.3 Å². The summed E-state index contributed by atoms with van der Waals surface area (Å²) in [6.07, 6.45) is 8.75. The zero-order valence-electron chi connectivity index (χ0n) is 12.1. The van der Waals surface area contributed by atoms with E-state index in [9.17, 15) is 4.79 Å². The number of carbonyl (C=O) groups is 1. The highest BCUT2D eigenvalue weighted by Gasteiger charge is 2.70. The molecule has 4 aliphatic rings. The van der Waals surface area contributed by atoms with Gasteiger partial charge < -0.3 is 4.74 Å². The molecular weight excluding hydrogens is 236 g/mol. The van der Waals surface area contributed by atoms with E-state index in [-0.39, 0.29) is 5.60 Å². The molecule has 3 aliphatic carbocycles. The fraction of sp³-hybridized carbons (Fsp3) is 0.824. The first kappa shape index (κ1) is 12.0. The second-order valence-electron chi connectivity index (χ2n) is 7.49. The van der Waals surface area contributed by atoms with Crippen molar-refractivity contribution >= 4 is 5.78 Å². The number of Topliss-reactive ketones (excluding diaryl/α,β-unsaturated/α-hetero) is 1. The van der Waals surface area contributed by atoms with Crippen LogP contribution < -0.4 is 0 Å². The van der Waals surface area contributed by atoms with E-state index in [2.05, 4.69) is 13.8 Å². The number of ether oxygens (including phenoxy) is 1. The van der Waals surface area contributed by atoms with Gasteiger partial charge in [-0.15, -0.1) is 0 Å². The van der Waals surface area contributed by atoms with E-state index < -0.39 is 0 Å². The predicted octanol–water partition coefficient (Wildman–Crippen LogP) is 4.00. The molecule has 1 spiro atoms. The summed E-state index contributed by atoms with van der Waals surface area (Å²) in [6.45, 7) is 4.74. The number of carbonyl (C=O) groups excluding carboxylic acids is 1. The Hall–Kier alpha value is -0.790. The maximum atomic E-state index is 12.0. The molecule has 0 saturated heterocycles. The van der Waals surface area contributed by atoms with Crippen molar-refractivity contribution in [2.75, 3.05) is 0 Å². The Morgan fingerprint density at radius 2 is 2.00 bits per heavy atom. The van der Waals surface area contributed by atoms with Gasteiger partial charge in [0, 0.05) is 24.3 Å². The molecule has 104 valence electrons. The Morgan fingerprint density at radius 1 is 1.16 bits per heavy atom. The number of hydrogen-bond acceptors (Lipinski definition) is 2. The van der Waals surface area contributed by atoms with Gasteiger partial charge in [0.1, 0.15) is 11.4 Å². The highest BCUT2D eigenvalue weighted by Crippen LogP contribution is 2.73. The first-order valence-electron chi connectivity index (χ1n) is 8.02. The van der Waals surface area contributed by atoms with Crippen LogP contribution in [0.2, 0.25) is 0 Å². The summed E-state index contributed by atoms with van der Waals surface area (Å²) in [7, 11) is 0. The van der Waals surface area contributed by atoms with Crippen molar-refractivity contribution in [1.82, 2.24) is 0 Å². The second-order valence-corrected chi connectivity index (χ2v) is 7.49. The van der Waals surface area contributed by atoms with Gasteiger partial charge in [0.15, 0.2) is 5.78 Å². The molecule has 0 N–H and O–H groups in total. The number of ketones is 1. The van der Waals surface area contributed by atoms with Gasteiger partial charge in [-0.2, -0.15) is 0 Å². The number of hydrogen-bond donors (Lipinski definition) is 0. The quantitative estimate of drug-likeness (QED) is 0.712. The Balaban J connectivity index is 1.62. The molecule has 1 heterocycles.